The number of rotatable bonds is 4. The van der Waals surface area contributed by atoms with E-state index in [1.807, 2.05) is 19.9 Å². The van der Waals surface area contributed by atoms with Crippen molar-refractivity contribution >= 4 is 23.4 Å². The lowest BCUT2D eigenvalue weighted by Crippen LogP contribution is -2.43. The predicted molar refractivity (Wildman–Crippen MR) is 95.3 cm³/mol. The fourth-order valence-corrected chi connectivity index (χ4v) is 2.92. The number of hydrogen-bond acceptors (Lipinski definition) is 4. The van der Waals surface area contributed by atoms with E-state index in [1.165, 1.54) is 0 Å². The van der Waals surface area contributed by atoms with Gasteiger partial charge in [0.1, 0.15) is 6.54 Å². The summed E-state index contributed by atoms with van der Waals surface area (Å²) in [4.78, 5) is 37.5. The topological polar surface area (TPSA) is 96.3 Å². The third-order valence-electron chi connectivity index (χ3n) is 4.23. The molecule has 0 saturated carbocycles. The standard InChI is InChI=1S/C18H21N5O3/c1-12-10-13(2)23(21-12)11-16(24)19-20-18(26)14-5-7-15(8-6-14)22-9-3-4-17(22)25/h5-8,10H,3-4,9,11H2,1-2H3,(H,19,24)(H,20,26). The van der Waals surface area contributed by atoms with Crippen molar-refractivity contribution in [1.82, 2.24) is 20.6 Å². The lowest BCUT2D eigenvalue weighted by molar-refractivity contribution is -0.122. The summed E-state index contributed by atoms with van der Waals surface area (Å²) in [5.74, 6) is -0.700. The van der Waals surface area contributed by atoms with Crippen molar-refractivity contribution in [3.8, 4) is 0 Å². The van der Waals surface area contributed by atoms with E-state index in [1.54, 1.807) is 33.8 Å². The van der Waals surface area contributed by atoms with E-state index in [0.717, 1.165) is 23.5 Å². The molecule has 0 radical (unpaired) electrons. The number of hydrazine groups is 1. The van der Waals surface area contributed by atoms with Gasteiger partial charge >= 0.3 is 0 Å². The van der Waals surface area contributed by atoms with Gasteiger partial charge in [0.25, 0.3) is 11.8 Å². The maximum atomic E-state index is 12.1. The molecule has 1 saturated heterocycles. The first kappa shape index (κ1) is 17.7. The van der Waals surface area contributed by atoms with Gasteiger partial charge in [-0.25, -0.2) is 0 Å². The fourth-order valence-electron chi connectivity index (χ4n) is 2.92. The van der Waals surface area contributed by atoms with Crippen molar-refractivity contribution in [3.05, 3.63) is 47.3 Å². The second kappa shape index (κ2) is 7.38. The fraction of sp³-hybridized carbons (Fsp3) is 0.333. The van der Waals surface area contributed by atoms with Crippen LogP contribution < -0.4 is 15.8 Å². The first-order chi connectivity index (χ1) is 12.4. The number of nitrogens with one attached hydrogen (secondary N) is 2. The van der Waals surface area contributed by atoms with Crippen molar-refractivity contribution in [3.63, 3.8) is 0 Å². The molecule has 1 aliphatic heterocycles. The van der Waals surface area contributed by atoms with Crippen molar-refractivity contribution in [1.29, 1.82) is 0 Å². The van der Waals surface area contributed by atoms with Crippen molar-refractivity contribution < 1.29 is 14.4 Å². The number of benzene rings is 1. The highest BCUT2D eigenvalue weighted by Gasteiger charge is 2.21. The second-order valence-electron chi connectivity index (χ2n) is 6.28. The molecule has 3 amide bonds. The van der Waals surface area contributed by atoms with Gasteiger partial charge in [-0.15, -0.1) is 0 Å². The zero-order valence-corrected chi connectivity index (χ0v) is 14.8. The van der Waals surface area contributed by atoms with Gasteiger partial charge in [-0.1, -0.05) is 0 Å². The average molecular weight is 355 g/mol. The van der Waals surface area contributed by atoms with E-state index in [2.05, 4.69) is 16.0 Å². The Morgan fingerprint density at radius 2 is 1.88 bits per heavy atom. The normalized spacial score (nSPS) is 13.8. The SMILES string of the molecule is Cc1cc(C)n(CC(=O)NNC(=O)c2ccc(N3CCCC3=O)cc2)n1. The maximum Gasteiger partial charge on any atom is 0.269 e. The molecule has 136 valence electrons. The summed E-state index contributed by atoms with van der Waals surface area (Å²) < 4.78 is 1.57. The van der Waals surface area contributed by atoms with E-state index in [-0.39, 0.29) is 18.4 Å². The first-order valence-corrected chi connectivity index (χ1v) is 8.45. The lowest BCUT2D eigenvalue weighted by Gasteiger charge is -2.16. The van der Waals surface area contributed by atoms with Crippen LogP contribution in [-0.2, 0) is 16.1 Å². The van der Waals surface area contributed by atoms with Gasteiger partial charge in [-0.2, -0.15) is 5.10 Å². The highest BCUT2D eigenvalue weighted by Crippen LogP contribution is 2.21. The zero-order valence-electron chi connectivity index (χ0n) is 14.8. The van der Waals surface area contributed by atoms with Crippen LogP contribution in [0.3, 0.4) is 0 Å². The van der Waals surface area contributed by atoms with Crippen molar-refractivity contribution in [2.24, 2.45) is 0 Å². The van der Waals surface area contributed by atoms with Crippen LogP contribution in [0.5, 0.6) is 0 Å². The van der Waals surface area contributed by atoms with Crippen LogP contribution in [0, 0.1) is 13.8 Å². The molecule has 1 fully saturated rings. The van der Waals surface area contributed by atoms with E-state index >= 15 is 0 Å². The summed E-state index contributed by atoms with van der Waals surface area (Å²) in [5.41, 5.74) is 7.63. The number of carbonyl (C=O) groups excluding carboxylic acids is 3. The number of aryl methyl sites for hydroxylation is 2. The van der Waals surface area contributed by atoms with Crippen LogP contribution >= 0.6 is 0 Å². The van der Waals surface area contributed by atoms with E-state index in [4.69, 9.17) is 0 Å². The van der Waals surface area contributed by atoms with Crippen LogP contribution in [0.2, 0.25) is 0 Å². The van der Waals surface area contributed by atoms with Crippen LogP contribution in [0.1, 0.15) is 34.6 Å². The molecule has 2 heterocycles. The van der Waals surface area contributed by atoms with E-state index in [0.29, 0.717) is 18.5 Å². The Bertz CT molecular complexity index is 841. The summed E-state index contributed by atoms with van der Waals surface area (Å²) in [6.45, 7) is 4.43. The van der Waals surface area contributed by atoms with Gasteiger partial charge in [0.2, 0.25) is 5.91 Å². The Balaban J connectivity index is 1.53. The number of carbonyl (C=O) groups is 3. The highest BCUT2D eigenvalue weighted by atomic mass is 16.2. The van der Waals surface area contributed by atoms with Crippen LogP contribution in [0.15, 0.2) is 30.3 Å². The summed E-state index contributed by atoms with van der Waals surface area (Å²) in [5, 5.41) is 4.20. The Hall–Kier alpha value is -3.16. The minimum Gasteiger partial charge on any atom is -0.312 e. The number of amides is 3. The molecule has 1 aromatic heterocycles. The molecule has 0 unspecified atom stereocenters. The van der Waals surface area contributed by atoms with Crippen LogP contribution in [0.25, 0.3) is 0 Å². The summed E-state index contributed by atoms with van der Waals surface area (Å²) in [7, 11) is 0. The molecular formula is C18H21N5O3. The van der Waals surface area contributed by atoms with Gasteiger partial charge in [0.15, 0.2) is 0 Å². The molecule has 0 spiro atoms. The largest absolute Gasteiger partial charge is 0.312 e. The predicted octanol–water partition coefficient (Wildman–Crippen LogP) is 1.09. The molecule has 8 nitrogen and oxygen atoms in total. The Morgan fingerprint density at radius 1 is 1.15 bits per heavy atom. The molecule has 1 aliphatic rings. The van der Waals surface area contributed by atoms with E-state index in [9.17, 15) is 14.4 Å². The van der Waals surface area contributed by atoms with Gasteiger partial charge in [0, 0.05) is 29.9 Å². The molecular weight excluding hydrogens is 334 g/mol. The molecule has 0 aliphatic carbocycles. The van der Waals surface area contributed by atoms with Gasteiger partial charge in [-0.05, 0) is 50.6 Å². The van der Waals surface area contributed by atoms with E-state index < -0.39 is 5.91 Å². The second-order valence-corrected chi connectivity index (χ2v) is 6.28. The van der Waals surface area contributed by atoms with Crippen LogP contribution in [0.4, 0.5) is 5.69 Å². The zero-order chi connectivity index (χ0) is 18.7. The molecule has 8 heteroatoms. The monoisotopic (exact) mass is 355 g/mol. The maximum absolute atomic E-state index is 12.1. The Morgan fingerprint density at radius 3 is 2.46 bits per heavy atom. The molecule has 0 bridgehead atoms. The minimum atomic E-state index is -0.425. The molecule has 2 N–H and O–H groups in total. The number of anilines is 1. The Labute approximate surface area is 151 Å². The Kier molecular flexibility index (Phi) is 5.01. The number of aromatic nitrogens is 2. The molecule has 3 rings (SSSR count). The van der Waals surface area contributed by atoms with Gasteiger partial charge in [0.05, 0.1) is 5.69 Å². The molecule has 2 aromatic rings. The lowest BCUT2D eigenvalue weighted by atomic mass is 10.2. The smallest absolute Gasteiger partial charge is 0.269 e. The molecule has 26 heavy (non-hydrogen) atoms. The minimum absolute atomic E-state index is 0.0238. The number of hydrogen-bond donors (Lipinski definition) is 2. The van der Waals surface area contributed by atoms with Crippen molar-refractivity contribution in [2.75, 3.05) is 11.4 Å². The van der Waals surface area contributed by atoms with Gasteiger partial charge < -0.3 is 4.90 Å². The number of nitrogens with zero attached hydrogens (tertiary/aromatic N) is 3. The van der Waals surface area contributed by atoms with Gasteiger partial charge in [-0.3, -0.25) is 29.9 Å². The average Bonchev–Trinajstić information content (AvgIpc) is 3.18. The third kappa shape index (κ3) is 3.90. The summed E-state index contributed by atoms with van der Waals surface area (Å²) in [6.07, 6.45) is 1.41. The summed E-state index contributed by atoms with van der Waals surface area (Å²) in [6, 6.07) is 8.59. The third-order valence-corrected chi connectivity index (χ3v) is 4.23. The van der Waals surface area contributed by atoms with Crippen molar-refractivity contribution in [2.45, 2.75) is 33.2 Å². The summed E-state index contributed by atoms with van der Waals surface area (Å²) >= 11 is 0. The highest BCUT2D eigenvalue weighted by molar-refractivity contribution is 5.98. The first-order valence-electron chi connectivity index (χ1n) is 8.45. The van der Waals surface area contributed by atoms with Crippen LogP contribution in [-0.4, -0.2) is 34.0 Å². The quantitative estimate of drug-likeness (QED) is 0.803. The molecule has 0 atom stereocenters. The molecule has 1 aromatic carbocycles.